The van der Waals surface area contributed by atoms with Crippen LogP contribution >= 0.6 is 15.9 Å². The first-order valence-electron chi connectivity index (χ1n) is 15.5. The van der Waals surface area contributed by atoms with Crippen molar-refractivity contribution >= 4 is 34.0 Å². The highest BCUT2D eigenvalue weighted by Crippen LogP contribution is 2.44. The van der Waals surface area contributed by atoms with Gasteiger partial charge in [0.2, 0.25) is 5.91 Å². The predicted octanol–water partition coefficient (Wildman–Crippen LogP) is 5.81. The van der Waals surface area contributed by atoms with Gasteiger partial charge in [-0.3, -0.25) is 4.79 Å². The average molecular weight is 705 g/mol. The molecule has 0 saturated heterocycles. The molecule has 5 N–H and O–H groups in total. The number of fused-ring (bicyclic) bond motifs is 3. The number of alkyl carbamates (subject to hydrolysis) is 2. The molecule has 3 aromatic carbocycles. The maximum atomic E-state index is 13.3. The van der Waals surface area contributed by atoms with E-state index in [0.29, 0.717) is 31.6 Å². The number of carbonyl (C=O) groups excluding carboxylic acids is 3. The van der Waals surface area contributed by atoms with E-state index in [2.05, 4.69) is 66.1 Å². The largest absolute Gasteiger partial charge is 0.453 e. The van der Waals surface area contributed by atoms with Crippen LogP contribution in [0, 0.1) is 0 Å². The SMILES string of the molecule is COC(=O)NC(CCCCNC(=O)OCC1c2ccccc2-c2ccccc21)C(=O)NC(CCO)c1ncc(-c2ccc(Br)cc2)[nH]1. The highest BCUT2D eigenvalue weighted by atomic mass is 79.9. The summed E-state index contributed by atoms with van der Waals surface area (Å²) in [5.74, 6) is 0.00868. The zero-order chi connectivity index (χ0) is 33.2. The smallest absolute Gasteiger partial charge is 0.407 e. The number of unbranched alkanes of at least 4 members (excludes halogenated alkanes) is 1. The van der Waals surface area contributed by atoms with Gasteiger partial charge in [-0.2, -0.15) is 0 Å². The zero-order valence-electron chi connectivity index (χ0n) is 26.0. The first kappa shape index (κ1) is 33.7. The molecule has 11 nitrogen and oxygen atoms in total. The summed E-state index contributed by atoms with van der Waals surface area (Å²) in [6.45, 7) is 0.373. The van der Waals surface area contributed by atoms with Gasteiger partial charge in [-0.05, 0) is 65.6 Å². The Morgan fingerprint density at radius 1 is 0.915 bits per heavy atom. The number of aromatic amines is 1. The molecular weight excluding hydrogens is 666 g/mol. The molecule has 0 fully saturated rings. The molecule has 0 bridgehead atoms. The van der Waals surface area contributed by atoms with Crippen LogP contribution in [0.5, 0.6) is 0 Å². The molecule has 3 amide bonds. The number of aliphatic hydroxyl groups is 1. The van der Waals surface area contributed by atoms with Gasteiger partial charge in [-0.1, -0.05) is 76.6 Å². The molecular formula is C35H38BrN5O6. The van der Waals surface area contributed by atoms with E-state index in [1.54, 1.807) is 6.20 Å². The van der Waals surface area contributed by atoms with Crippen LogP contribution in [0.3, 0.4) is 0 Å². The number of methoxy groups -OCH3 is 1. The monoisotopic (exact) mass is 703 g/mol. The fourth-order valence-corrected chi connectivity index (χ4v) is 6.02. The summed E-state index contributed by atoms with van der Waals surface area (Å²) in [7, 11) is 1.23. The number of ether oxygens (including phenoxy) is 2. The first-order chi connectivity index (χ1) is 22.9. The van der Waals surface area contributed by atoms with Gasteiger partial charge in [0.05, 0.1) is 25.0 Å². The summed E-state index contributed by atoms with van der Waals surface area (Å²) >= 11 is 3.43. The molecule has 4 aromatic rings. The lowest BCUT2D eigenvalue weighted by molar-refractivity contribution is -0.124. The molecule has 5 rings (SSSR count). The van der Waals surface area contributed by atoms with Gasteiger partial charge in [-0.25, -0.2) is 14.6 Å². The summed E-state index contributed by atoms with van der Waals surface area (Å²) in [5.41, 5.74) is 6.28. The standard InChI is InChI=1S/C35H38BrN5O6/c1-46-35(45)41-30(33(43)40-29(17-19-42)32-38-20-31(39-32)22-13-15-23(36)16-14-22)12-6-7-18-37-34(44)47-21-28-26-10-4-2-8-24(26)25-9-3-5-11-27(25)28/h2-5,8-11,13-16,20,28-30,42H,6-7,12,17-19,21H2,1H3,(H,37,44)(H,38,39)(H,40,43)(H,41,45). The Morgan fingerprint density at radius 2 is 1.60 bits per heavy atom. The van der Waals surface area contributed by atoms with Crippen molar-refractivity contribution in [2.24, 2.45) is 0 Å². The molecule has 1 aliphatic rings. The van der Waals surface area contributed by atoms with Crippen LogP contribution in [0.2, 0.25) is 0 Å². The number of H-pyrrole nitrogens is 1. The molecule has 0 spiro atoms. The number of rotatable bonds is 14. The second kappa shape index (κ2) is 16.2. The number of benzene rings is 3. The Labute approximate surface area is 281 Å². The average Bonchev–Trinajstić information content (AvgIpc) is 3.70. The fraction of sp³-hybridized carbons (Fsp3) is 0.314. The Balaban J connectivity index is 1.10. The maximum absolute atomic E-state index is 13.3. The van der Waals surface area contributed by atoms with Crippen LogP contribution < -0.4 is 16.0 Å². The summed E-state index contributed by atoms with van der Waals surface area (Å²) < 4.78 is 11.3. The van der Waals surface area contributed by atoms with Crippen molar-refractivity contribution in [3.8, 4) is 22.4 Å². The van der Waals surface area contributed by atoms with Crippen LogP contribution in [0.1, 0.15) is 54.6 Å². The second-order valence-electron chi connectivity index (χ2n) is 11.2. The van der Waals surface area contributed by atoms with Gasteiger partial charge in [0, 0.05) is 23.5 Å². The van der Waals surface area contributed by atoms with Gasteiger partial charge in [-0.15, -0.1) is 0 Å². The van der Waals surface area contributed by atoms with E-state index in [4.69, 9.17) is 9.47 Å². The van der Waals surface area contributed by atoms with E-state index < -0.39 is 30.2 Å². The van der Waals surface area contributed by atoms with Crippen molar-refractivity contribution in [3.05, 3.63) is 100 Å². The van der Waals surface area contributed by atoms with Crippen molar-refractivity contribution in [3.63, 3.8) is 0 Å². The van der Waals surface area contributed by atoms with E-state index in [1.807, 2.05) is 48.5 Å². The van der Waals surface area contributed by atoms with Gasteiger partial charge in [0.15, 0.2) is 0 Å². The van der Waals surface area contributed by atoms with Crippen molar-refractivity contribution < 1.29 is 29.0 Å². The Bertz CT molecular complexity index is 1630. The van der Waals surface area contributed by atoms with Crippen molar-refractivity contribution in [1.29, 1.82) is 0 Å². The number of aliphatic hydroxyl groups excluding tert-OH is 1. The Morgan fingerprint density at radius 3 is 2.26 bits per heavy atom. The van der Waals surface area contributed by atoms with Crippen molar-refractivity contribution in [2.45, 2.75) is 43.7 Å². The van der Waals surface area contributed by atoms with Crippen LogP contribution in [0.4, 0.5) is 9.59 Å². The normalized spacial score (nSPS) is 13.2. The number of imidazole rings is 1. The van der Waals surface area contributed by atoms with E-state index in [-0.39, 0.29) is 25.6 Å². The quantitative estimate of drug-likeness (QED) is 0.104. The molecule has 2 unspecified atom stereocenters. The number of carbonyl (C=O) groups is 3. The third-order valence-corrected chi connectivity index (χ3v) is 8.67. The highest BCUT2D eigenvalue weighted by molar-refractivity contribution is 9.10. The summed E-state index contributed by atoms with van der Waals surface area (Å²) in [5, 5.41) is 17.9. The summed E-state index contributed by atoms with van der Waals surface area (Å²) in [6, 6.07) is 22.5. The minimum absolute atomic E-state index is 0.0278. The van der Waals surface area contributed by atoms with Gasteiger partial charge >= 0.3 is 12.2 Å². The number of hydrogen-bond donors (Lipinski definition) is 5. The lowest BCUT2D eigenvalue weighted by Gasteiger charge is -2.22. The van der Waals surface area contributed by atoms with E-state index in [9.17, 15) is 19.5 Å². The molecule has 0 radical (unpaired) electrons. The topological polar surface area (TPSA) is 155 Å². The first-order valence-corrected chi connectivity index (χ1v) is 16.3. The Kier molecular flexibility index (Phi) is 11.6. The number of aromatic nitrogens is 2. The van der Waals surface area contributed by atoms with Crippen LogP contribution in [-0.4, -0.2) is 66.1 Å². The van der Waals surface area contributed by atoms with Gasteiger partial charge in [0.25, 0.3) is 0 Å². The molecule has 0 saturated carbocycles. The lowest BCUT2D eigenvalue weighted by atomic mass is 9.98. The van der Waals surface area contributed by atoms with Crippen LogP contribution in [0.25, 0.3) is 22.4 Å². The van der Waals surface area contributed by atoms with Crippen molar-refractivity contribution in [1.82, 2.24) is 25.9 Å². The number of amides is 3. The summed E-state index contributed by atoms with van der Waals surface area (Å²) in [4.78, 5) is 45.6. The molecule has 246 valence electrons. The number of hydrogen-bond acceptors (Lipinski definition) is 7. The fourth-order valence-electron chi connectivity index (χ4n) is 5.75. The molecule has 0 aliphatic heterocycles. The summed E-state index contributed by atoms with van der Waals surface area (Å²) in [6.07, 6.45) is 1.99. The molecule has 12 heteroatoms. The minimum Gasteiger partial charge on any atom is -0.453 e. The third-order valence-electron chi connectivity index (χ3n) is 8.14. The van der Waals surface area contributed by atoms with Crippen LogP contribution in [0.15, 0.2) is 83.5 Å². The highest BCUT2D eigenvalue weighted by Gasteiger charge is 2.29. The van der Waals surface area contributed by atoms with E-state index in [1.165, 1.54) is 7.11 Å². The number of nitrogens with one attached hydrogen (secondary N) is 4. The van der Waals surface area contributed by atoms with Gasteiger partial charge < -0.3 is 35.5 Å². The Hall–Kier alpha value is -4.68. The molecule has 1 aromatic heterocycles. The van der Waals surface area contributed by atoms with Crippen molar-refractivity contribution in [2.75, 3.05) is 26.9 Å². The zero-order valence-corrected chi connectivity index (χ0v) is 27.6. The lowest BCUT2D eigenvalue weighted by Crippen LogP contribution is -2.48. The molecule has 47 heavy (non-hydrogen) atoms. The molecule has 1 aliphatic carbocycles. The van der Waals surface area contributed by atoms with Gasteiger partial charge in [0.1, 0.15) is 18.5 Å². The number of halogens is 1. The van der Waals surface area contributed by atoms with Crippen LogP contribution in [-0.2, 0) is 14.3 Å². The predicted molar refractivity (Wildman–Crippen MR) is 181 cm³/mol. The third kappa shape index (κ3) is 8.57. The minimum atomic E-state index is -0.904. The maximum Gasteiger partial charge on any atom is 0.407 e. The molecule has 2 atom stereocenters. The second-order valence-corrected chi connectivity index (χ2v) is 12.1. The van der Waals surface area contributed by atoms with E-state index >= 15 is 0 Å². The van der Waals surface area contributed by atoms with E-state index in [0.717, 1.165) is 38.0 Å². The number of nitrogens with zero attached hydrogens (tertiary/aromatic N) is 1. The molecule has 1 heterocycles.